The summed E-state index contributed by atoms with van der Waals surface area (Å²) in [7, 11) is 0. The summed E-state index contributed by atoms with van der Waals surface area (Å²) >= 11 is 5.98. The Morgan fingerprint density at radius 2 is 2.12 bits per heavy atom. The molecule has 0 radical (unpaired) electrons. The fourth-order valence-electron chi connectivity index (χ4n) is 2.62. The zero-order valence-corrected chi connectivity index (χ0v) is 10.4. The van der Waals surface area contributed by atoms with Crippen LogP contribution in [0.25, 0.3) is 11.2 Å². The first-order valence-electron chi connectivity index (χ1n) is 5.99. The fourth-order valence-corrected chi connectivity index (χ4v) is 2.79. The van der Waals surface area contributed by atoms with Crippen LogP contribution in [0.2, 0.25) is 5.15 Å². The van der Waals surface area contributed by atoms with Crippen molar-refractivity contribution in [2.75, 3.05) is 0 Å². The molecule has 6 heteroatoms. The van der Waals surface area contributed by atoms with E-state index >= 15 is 0 Å². The SMILES string of the molecule is C[C@@H]1CCCC[C@H]1n1nnc2c(Cl)ncnc21. The highest BCUT2D eigenvalue weighted by atomic mass is 35.5. The Morgan fingerprint density at radius 3 is 2.94 bits per heavy atom. The minimum absolute atomic E-state index is 0.379. The lowest BCUT2D eigenvalue weighted by atomic mass is 9.86. The Bertz CT molecular complexity index is 538. The van der Waals surface area contributed by atoms with Gasteiger partial charge in [-0.25, -0.2) is 14.6 Å². The number of hydrogen-bond donors (Lipinski definition) is 0. The molecule has 0 unspecified atom stereocenters. The van der Waals surface area contributed by atoms with Gasteiger partial charge in [0, 0.05) is 0 Å². The van der Waals surface area contributed by atoms with Crippen molar-refractivity contribution in [1.29, 1.82) is 0 Å². The second kappa shape index (κ2) is 4.22. The molecular formula is C11H14ClN5. The molecule has 2 atom stereocenters. The van der Waals surface area contributed by atoms with Crippen molar-refractivity contribution < 1.29 is 0 Å². The summed E-state index contributed by atoms with van der Waals surface area (Å²) in [6.07, 6.45) is 6.40. The largest absolute Gasteiger partial charge is 0.224 e. The quantitative estimate of drug-likeness (QED) is 0.731. The van der Waals surface area contributed by atoms with Crippen LogP contribution in [0.3, 0.4) is 0 Å². The van der Waals surface area contributed by atoms with Crippen molar-refractivity contribution in [2.24, 2.45) is 5.92 Å². The number of halogens is 1. The average molecular weight is 252 g/mol. The van der Waals surface area contributed by atoms with Crippen LogP contribution in [0.5, 0.6) is 0 Å². The average Bonchev–Trinajstić information content (AvgIpc) is 2.75. The van der Waals surface area contributed by atoms with Crippen molar-refractivity contribution >= 4 is 22.8 Å². The highest BCUT2D eigenvalue weighted by Crippen LogP contribution is 2.34. The van der Waals surface area contributed by atoms with Gasteiger partial charge >= 0.3 is 0 Å². The Balaban J connectivity index is 2.08. The summed E-state index contributed by atoms with van der Waals surface area (Å²) in [5.41, 5.74) is 1.36. The summed E-state index contributed by atoms with van der Waals surface area (Å²) in [6, 6.07) is 0.389. The number of nitrogens with zero attached hydrogens (tertiary/aromatic N) is 5. The van der Waals surface area contributed by atoms with Crippen LogP contribution in [-0.4, -0.2) is 25.0 Å². The van der Waals surface area contributed by atoms with Gasteiger partial charge in [-0.2, -0.15) is 0 Å². The smallest absolute Gasteiger partial charge is 0.183 e. The van der Waals surface area contributed by atoms with E-state index in [0.29, 0.717) is 22.6 Å². The number of rotatable bonds is 1. The van der Waals surface area contributed by atoms with Gasteiger partial charge in [0.2, 0.25) is 0 Å². The van der Waals surface area contributed by atoms with Crippen molar-refractivity contribution in [2.45, 2.75) is 38.6 Å². The molecule has 0 N–H and O–H groups in total. The zero-order valence-electron chi connectivity index (χ0n) is 9.67. The van der Waals surface area contributed by atoms with E-state index in [0.717, 1.165) is 12.1 Å². The normalized spacial score (nSPS) is 25.3. The van der Waals surface area contributed by atoms with Crippen LogP contribution in [0.1, 0.15) is 38.6 Å². The molecule has 2 heterocycles. The van der Waals surface area contributed by atoms with Gasteiger partial charge in [-0.15, -0.1) is 5.10 Å². The lowest BCUT2D eigenvalue weighted by Crippen LogP contribution is -2.22. The van der Waals surface area contributed by atoms with Gasteiger partial charge in [-0.05, 0) is 18.8 Å². The van der Waals surface area contributed by atoms with Crippen LogP contribution in [0, 0.1) is 5.92 Å². The Hall–Kier alpha value is -1.23. The van der Waals surface area contributed by atoms with Crippen molar-refractivity contribution in [3.63, 3.8) is 0 Å². The summed E-state index contributed by atoms with van der Waals surface area (Å²) in [5.74, 6) is 0.613. The molecule has 2 aromatic heterocycles. The highest BCUT2D eigenvalue weighted by molar-refractivity contribution is 6.33. The maximum absolute atomic E-state index is 5.98. The molecule has 1 aliphatic rings. The first-order chi connectivity index (χ1) is 8.27. The van der Waals surface area contributed by atoms with E-state index in [1.807, 2.05) is 4.68 Å². The lowest BCUT2D eigenvalue weighted by Gasteiger charge is -2.28. The number of hydrogen-bond acceptors (Lipinski definition) is 4. The Kier molecular flexibility index (Phi) is 2.70. The monoisotopic (exact) mass is 251 g/mol. The second-order valence-corrected chi connectivity index (χ2v) is 5.06. The molecule has 1 fully saturated rings. The summed E-state index contributed by atoms with van der Waals surface area (Å²) in [5, 5.41) is 8.67. The molecule has 1 saturated carbocycles. The summed E-state index contributed by atoms with van der Waals surface area (Å²) in [4.78, 5) is 8.18. The topological polar surface area (TPSA) is 56.5 Å². The van der Waals surface area contributed by atoms with E-state index in [9.17, 15) is 0 Å². The van der Waals surface area contributed by atoms with Gasteiger partial charge in [0.15, 0.2) is 16.3 Å². The van der Waals surface area contributed by atoms with Gasteiger partial charge in [0.1, 0.15) is 6.33 Å². The standard InChI is InChI=1S/C11H14ClN5/c1-7-4-2-3-5-8(7)17-11-9(15-16-17)10(12)13-6-14-11/h6-8H,2-5H2,1H3/t7-,8-/m1/s1. The molecule has 0 saturated heterocycles. The van der Waals surface area contributed by atoms with Crippen molar-refractivity contribution in [1.82, 2.24) is 25.0 Å². The first-order valence-corrected chi connectivity index (χ1v) is 6.36. The van der Waals surface area contributed by atoms with Crippen LogP contribution in [0.15, 0.2) is 6.33 Å². The molecule has 0 amide bonds. The molecule has 90 valence electrons. The number of fused-ring (bicyclic) bond motifs is 1. The van der Waals surface area contributed by atoms with E-state index in [2.05, 4.69) is 27.2 Å². The predicted molar refractivity (Wildman–Crippen MR) is 64.8 cm³/mol. The first kappa shape index (κ1) is 10.9. The highest BCUT2D eigenvalue weighted by Gasteiger charge is 2.26. The van der Waals surface area contributed by atoms with E-state index in [1.54, 1.807) is 0 Å². The second-order valence-electron chi connectivity index (χ2n) is 4.70. The minimum atomic E-state index is 0.379. The van der Waals surface area contributed by atoms with Crippen LogP contribution < -0.4 is 0 Å². The molecule has 17 heavy (non-hydrogen) atoms. The molecule has 0 bridgehead atoms. The maximum atomic E-state index is 5.98. The van der Waals surface area contributed by atoms with E-state index in [4.69, 9.17) is 11.6 Å². The van der Waals surface area contributed by atoms with Gasteiger partial charge in [0.25, 0.3) is 0 Å². The van der Waals surface area contributed by atoms with E-state index in [-0.39, 0.29) is 0 Å². The molecule has 0 spiro atoms. The van der Waals surface area contributed by atoms with Crippen LogP contribution >= 0.6 is 11.6 Å². The van der Waals surface area contributed by atoms with Gasteiger partial charge in [0.05, 0.1) is 6.04 Å². The third-order valence-electron chi connectivity index (χ3n) is 3.60. The van der Waals surface area contributed by atoms with Gasteiger partial charge < -0.3 is 0 Å². The maximum Gasteiger partial charge on any atom is 0.183 e. The molecule has 0 aliphatic heterocycles. The zero-order chi connectivity index (χ0) is 11.8. The molecule has 2 aromatic rings. The minimum Gasteiger partial charge on any atom is -0.224 e. The van der Waals surface area contributed by atoms with Gasteiger partial charge in [-0.3, -0.25) is 0 Å². The predicted octanol–water partition coefficient (Wildman–Crippen LogP) is 2.63. The summed E-state index contributed by atoms with van der Waals surface area (Å²) < 4.78 is 1.92. The molecule has 1 aliphatic carbocycles. The number of aromatic nitrogens is 5. The fraction of sp³-hybridized carbons (Fsp3) is 0.636. The third kappa shape index (κ3) is 1.78. The molecule has 5 nitrogen and oxygen atoms in total. The molecule has 3 rings (SSSR count). The van der Waals surface area contributed by atoms with E-state index in [1.165, 1.54) is 25.6 Å². The van der Waals surface area contributed by atoms with Crippen molar-refractivity contribution in [3.05, 3.63) is 11.5 Å². The van der Waals surface area contributed by atoms with E-state index < -0.39 is 0 Å². The lowest BCUT2D eigenvalue weighted by molar-refractivity contribution is 0.241. The molecule has 0 aromatic carbocycles. The van der Waals surface area contributed by atoms with Crippen molar-refractivity contribution in [3.8, 4) is 0 Å². The van der Waals surface area contributed by atoms with Crippen LogP contribution in [0.4, 0.5) is 0 Å². The summed E-state index contributed by atoms with van der Waals surface area (Å²) in [6.45, 7) is 2.26. The van der Waals surface area contributed by atoms with Crippen LogP contribution in [-0.2, 0) is 0 Å². The Labute approximate surface area is 104 Å². The van der Waals surface area contributed by atoms with Gasteiger partial charge in [-0.1, -0.05) is 36.6 Å². The Morgan fingerprint density at radius 1 is 1.29 bits per heavy atom. The molecular weight excluding hydrogens is 238 g/mol. The third-order valence-corrected chi connectivity index (χ3v) is 3.87.